The molecule has 1 aromatic carbocycles. The van der Waals surface area contributed by atoms with Gasteiger partial charge in [-0.15, -0.1) is 0 Å². The third-order valence-corrected chi connectivity index (χ3v) is 4.33. The molecule has 0 aliphatic heterocycles. The zero-order valence-corrected chi connectivity index (χ0v) is 9.30. The van der Waals surface area contributed by atoms with Gasteiger partial charge in [-0.2, -0.15) is 0 Å². The Morgan fingerprint density at radius 2 is 1.60 bits per heavy atom. The van der Waals surface area contributed by atoms with Crippen LogP contribution >= 0.6 is 0 Å². The quantitative estimate of drug-likeness (QED) is 0.680. The van der Waals surface area contributed by atoms with Gasteiger partial charge in [0.25, 0.3) is 0 Å². The minimum absolute atomic E-state index is 0.252. The van der Waals surface area contributed by atoms with E-state index < -0.39 is 7.02 Å². The van der Waals surface area contributed by atoms with Crippen molar-refractivity contribution < 1.29 is 8.42 Å². The molecule has 0 aliphatic carbocycles. The molecule has 0 saturated carbocycles. The molecule has 0 unspecified atom stereocenters. The summed E-state index contributed by atoms with van der Waals surface area (Å²) in [5, 5.41) is 0. The van der Waals surface area contributed by atoms with Crippen LogP contribution in [0.3, 0.4) is 0 Å². The van der Waals surface area contributed by atoms with E-state index in [1.165, 1.54) is 0 Å². The van der Waals surface area contributed by atoms with Crippen molar-refractivity contribution in [3.63, 3.8) is 0 Å². The second kappa shape index (κ2) is 2.92. The first-order valence-corrected chi connectivity index (χ1v) is 8.27. The van der Waals surface area contributed by atoms with E-state index >= 15 is 0 Å². The van der Waals surface area contributed by atoms with Crippen molar-refractivity contribution in [1.29, 1.82) is 0 Å². The Morgan fingerprint density at radius 3 is 1.90 bits per heavy atom. The summed E-state index contributed by atoms with van der Waals surface area (Å²) in [5.74, 6) is 0. The van der Waals surface area contributed by atoms with Crippen molar-refractivity contribution in [2.24, 2.45) is 0 Å². The van der Waals surface area contributed by atoms with Crippen molar-refractivity contribution in [3.8, 4) is 0 Å². The molecule has 0 amide bonds. The number of hydrogen-bond acceptors (Lipinski definition) is 2. The van der Waals surface area contributed by atoms with Crippen molar-refractivity contribution in [2.45, 2.75) is 4.90 Å². The molecule has 0 atom stereocenters. The number of rotatable bonds is 1. The van der Waals surface area contributed by atoms with Crippen molar-refractivity contribution in [1.82, 2.24) is 0 Å². The van der Waals surface area contributed by atoms with Crippen molar-refractivity contribution in [2.75, 3.05) is 0 Å². The molecule has 0 fully saturated rings. The first-order chi connectivity index (χ1) is 4.61. The van der Waals surface area contributed by atoms with Gasteiger partial charge in [0, 0.05) is 0 Å². The summed E-state index contributed by atoms with van der Waals surface area (Å²) in [6, 6.07) is 8.47. The Hall–Kier alpha value is -0.0313. The molecule has 0 bridgehead atoms. The summed E-state index contributed by atoms with van der Waals surface area (Å²) in [5.41, 5.74) is 0. The number of hydrogen-bond donors (Lipinski definition) is 0. The molecule has 0 aromatic heterocycles. The molecule has 1 aromatic rings. The third-order valence-electron chi connectivity index (χ3n) is 1.07. The van der Waals surface area contributed by atoms with Gasteiger partial charge in [0.15, 0.2) is 0 Å². The van der Waals surface area contributed by atoms with Gasteiger partial charge in [0.2, 0.25) is 0 Å². The molecular weight excluding hydrogens is 255 g/mol. The van der Waals surface area contributed by atoms with E-state index in [2.05, 4.69) is 0 Å². The van der Waals surface area contributed by atoms with E-state index in [0.29, 0.717) is 4.90 Å². The fourth-order valence-electron chi connectivity index (χ4n) is 0.610. The van der Waals surface area contributed by atoms with Crippen LogP contribution in [-0.4, -0.2) is 29.6 Å². The molecule has 0 N–H and O–H groups in total. The zero-order chi connectivity index (χ0) is 7.61. The Morgan fingerprint density at radius 1 is 1.10 bits per heavy atom. The molecule has 1 rings (SSSR count). The zero-order valence-electron chi connectivity index (χ0n) is 5.19. The monoisotopic (exact) mass is 262 g/mol. The molecule has 0 aliphatic rings. The summed E-state index contributed by atoms with van der Waals surface area (Å²) < 4.78 is 21.8. The fraction of sp³-hybridized carbons (Fsp3) is 0. The number of benzene rings is 1. The van der Waals surface area contributed by atoms with E-state index in [4.69, 9.17) is 0 Å². The molecule has 10 heavy (non-hydrogen) atoms. The summed E-state index contributed by atoms with van der Waals surface area (Å²) in [7, 11) is -2.87. The minimum atomic E-state index is -2.87. The van der Waals surface area contributed by atoms with Crippen LogP contribution in [-0.2, 0) is 7.02 Å². The standard InChI is InChI=1S/C6H5O2S.Sn.H/c7-9(8)6-4-2-1-3-5-6;;/h1-5H;;. The van der Waals surface area contributed by atoms with Crippen LogP contribution in [0.4, 0.5) is 0 Å². The average molecular weight is 261 g/mol. The van der Waals surface area contributed by atoms with Crippen molar-refractivity contribution >= 4 is 28.2 Å². The predicted octanol–water partition coefficient (Wildman–Crippen LogP) is 0.276. The van der Waals surface area contributed by atoms with Gasteiger partial charge in [-0.25, -0.2) is 0 Å². The predicted molar refractivity (Wildman–Crippen MR) is 40.8 cm³/mol. The van der Waals surface area contributed by atoms with Gasteiger partial charge in [-0.1, -0.05) is 0 Å². The van der Waals surface area contributed by atoms with E-state index in [1.54, 1.807) is 30.3 Å². The van der Waals surface area contributed by atoms with Crippen LogP contribution in [0.2, 0.25) is 0 Å². The summed E-state index contributed by atoms with van der Waals surface area (Å²) in [4.78, 5) is 0.428. The summed E-state index contributed by atoms with van der Waals surface area (Å²) in [6.45, 7) is 0. The molecule has 2 radical (unpaired) electrons. The van der Waals surface area contributed by atoms with Gasteiger partial charge in [-0.3, -0.25) is 0 Å². The van der Waals surface area contributed by atoms with E-state index in [0.717, 1.165) is 0 Å². The van der Waals surface area contributed by atoms with Crippen LogP contribution in [0.15, 0.2) is 35.2 Å². The van der Waals surface area contributed by atoms with E-state index in [-0.39, 0.29) is 21.1 Å². The normalized spacial score (nSPS) is 11.3. The molecule has 0 saturated heterocycles. The molecule has 0 spiro atoms. The van der Waals surface area contributed by atoms with Crippen LogP contribution in [0, 0.1) is 0 Å². The Kier molecular flexibility index (Phi) is 2.36. The first kappa shape index (κ1) is 8.07. The van der Waals surface area contributed by atoms with Gasteiger partial charge in [0.1, 0.15) is 0 Å². The van der Waals surface area contributed by atoms with Crippen LogP contribution in [0.25, 0.3) is 0 Å². The maximum atomic E-state index is 10.9. The van der Waals surface area contributed by atoms with Gasteiger partial charge in [0.05, 0.1) is 0 Å². The average Bonchev–Trinajstić information content (AvgIpc) is 1.88. The van der Waals surface area contributed by atoms with Gasteiger partial charge < -0.3 is 0 Å². The second-order valence-electron chi connectivity index (χ2n) is 1.86. The SMILES string of the molecule is O=[S](=O)([SnH])c1ccccc1. The van der Waals surface area contributed by atoms with Gasteiger partial charge >= 0.3 is 71.8 Å². The molecule has 52 valence electrons. The Labute approximate surface area is 71.7 Å². The molecule has 0 heterocycles. The molecular formula is C6H6O2SSn. The van der Waals surface area contributed by atoms with Crippen LogP contribution in [0.5, 0.6) is 0 Å². The fourth-order valence-corrected chi connectivity index (χ4v) is 2.49. The van der Waals surface area contributed by atoms with E-state index in [1.807, 2.05) is 0 Å². The third kappa shape index (κ3) is 1.98. The maximum absolute atomic E-state index is 10.9. The topological polar surface area (TPSA) is 34.1 Å². The molecule has 2 nitrogen and oxygen atoms in total. The van der Waals surface area contributed by atoms with Crippen LogP contribution in [0.1, 0.15) is 0 Å². The Balaban J connectivity index is 3.22. The summed E-state index contributed by atoms with van der Waals surface area (Å²) >= 11 is 0.252. The Bertz CT molecular complexity index is 304. The first-order valence-electron chi connectivity index (χ1n) is 2.68. The van der Waals surface area contributed by atoms with Crippen LogP contribution < -0.4 is 0 Å². The second-order valence-corrected chi connectivity index (χ2v) is 8.73. The van der Waals surface area contributed by atoms with Crippen molar-refractivity contribution in [3.05, 3.63) is 30.3 Å². The van der Waals surface area contributed by atoms with Gasteiger partial charge in [-0.05, 0) is 0 Å². The summed E-state index contributed by atoms with van der Waals surface area (Å²) in [6.07, 6.45) is 0. The molecule has 4 heteroatoms. The van der Waals surface area contributed by atoms with E-state index in [9.17, 15) is 8.42 Å².